The molecule has 108 valence electrons. The van der Waals surface area contributed by atoms with Crippen molar-refractivity contribution in [3.63, 3.8) is 0 Å². The lowest BCUT2D eigenvalue weighted by Crippen LogP contribution is -2.37. The van der Waals surface area contributed by atoms with Crippen molar-refractivity contribution in [2.45, 2.75) is 44.5 Å². The molecule has 3 N–H and O–H groups in total. The molecule has 1 fully saturated rings. The van der Waals surface area contributed by atoms with E-state index in [1.54, 1.807) is 11.5 Å². The fourth-order valence-electron chi connectivity index (χ4n) is 2.47. The molecule has 3 heterocycles. The fraction of sp³-hybridized carbons (Fsp3) is 0.583. The normalized spacial score (nSPS) is 31.9. The van der Waals surface area contributed by atoms with Gasteiger partial charge in [0.2, 0.25) is 0 Å². The Balaban J connectivity index is 2.02. The molecule has 1 aliphatic heterocycles. The molecule has 2 aromatic rings. The smallest absolute Gasteiger partial charge is 0.165 e. The lowest BCUT2D eigenvalue weighted by molar-refractivity contribution is -0.0777. The molecular formula is C12H16N4O4. The number of aliphatic hydroxyl groups is 3. The number of hydrogen-bond acceptors (Lipinski definition) is 7. The summed E-state index contributed by atoms with van der Waals surface area (Å²) in [4.78, 5) is 12.4. The van der Waals surface area contributed by atoms with Crippen LogP contribution in [0.15, 0.2) is 12.7 Å². The molecule has 8 heteroatoms. The summed E-state index contributed by atoms with van der Waals surface area (Å²) < 4.78 is 7.09. The summed E-state index contributed by atoms with van der Waals surface area (Å²) in [6, 6.07) is 0. The Bertz CT molecular complexity index is 629. The van der Waals surface area contributed by atoms with E-state index < -0.39 is 30.6 Å². The van der Waals surface area contributed by atoms with Crippen molar-refractivity contribution in [3.8, 4) is 0 Å². The third-order valence-corrected chi connectivity index (χ3v) is 3.57. The summed E-state index contributed by atoms with van der Waals surface area (Å²) in [7, 11) is 0. The molecule has 0 amide bonds. The highest BCUT2D eigenvalue weighted by Crippen LogP contribution is 2.32. The molecule has 0 bridgehead atoms. The van der Waals surface area contributed by atoms with E-state index in [2.05, 4.69) is 15.0 Å². The first-order valence-electron chi connectivity index (χ1n) is 6.34. The van der Waals surface area contributed by atoms with E-state index in [9.17, 15) is 15.3 Å². The Labute approximate surface area is 114 Å². The fourth-order valence-corrected chi connectivity index (χ4v) is 2.47. The van der Waals surface area contributed by atoms with Crippen LogP contribution < -0.4 is 0 Å². The van der Waals surface area contributed by atoms with Crippen LogP contribution in [0, 0.1) is 6.92 Å². The van der Waals surface area contributed by atoms with E-state index in [4.69, 9.17) is 4.74 Å². The van der Waals surface area contributed by atoms with Crippen LogP contribution >= 0.6 is 0 Å². The highest BCUT2D eigenvalue weighted by Gasteiger charge is 2.46. The van der Waals surface area contributed by atoms with Crippen LogP contribution in [0.2, 0.25) is 0 Å². The van der Waals surface area contributed by atoms with Crippen molar-refractivity contribution in [3.05, 3.63) is 18.3 Å². The van der Waals surface area contributed by atoms with Crippen molar-refractivity contribution >= 4 is 11.2 Å². The van der Waals surface area contributed by atoms with Crippen LogP contribution in [-0.2, 0) is 4.74 Å². The molecule has 20 heavy (non-hydrogen) atoms. The summed E-state index contributed by atoms with van der Waals surface area (Å²) in [6.45, 7) is 3.31. The number of aliphatic hydroxyl groups excluding tert-OH is 3. The summed E-state index contributed by atoms with van der Waals surface area (Å²) in [5.41, 5.74) is 1.84. The molecule has 2 aromatic heterocycles. The summed E-state index contributed by atoms with van der Waals surface area (Å²) in [5, 5.41) is 29.6. The first-order valence-corrected chi connectivity index (χ1v) is 6.34. The van der Waals surface area contributed by atoms with Gasteiger partial charge in [0.15, 0.2) is 11.9 Å². The van der Waals surface area contributed by atoms with Gasteiger partial charge < -0.3 is 20.1 Å². The van der Waals surface area contributed by atoms with Gasteiger partial charge in [0.25, 0.3) is 0 Å². The number of aryl methyl sites for hydroxylation is 1. The van der Waals surface area contributed by atoms with Gasteiger partial charge in [0, 0.05) is 0 Å². The van der Waals surface area contributed by atoms with Gasteiger partial charge in [0.05, 0.1) is 18.1 Å². The predicted octanol–water partition coefficient (Wildman–Crippen LogP) is -0.865. The number of rotatable bonds is 2. The van der Waals surface area contributed by atoms with Gasteiger partial charge in [-0.05, 0) is 13.8 Å². The standard InChI is InChI=1S/C12H16N4O4/c1-5-7-11(14-3-13-5)16(4-15-7)12-9(19)8(18)10(20-12)6(2)17/h3-4,6,8-10,12,17-19H,1-2H3/t6?,8-,9+,10+,12+/m0/s1. The maximum Gasteiger partial charge on any atom is 0.165 e. The van der Waals surface area contributed by atoms with Gasteiger partial charge in [-0.25, -0.2) is 15.0 Å². The molecule has 0 radical (unpaired) electrons. The van der Waals surface area contributed by atoms with Crippen molar-refractivity contribution in [2.24, 2.45) is 0 Å². The molecule has 0 spiro atoms. The zero-order valence-corrected chi connectivity index (χ0v) is 11.1. The molecule has 3 rings (SSSR count). The topological polar surface area (TPSA) is 114 Å². The summed E-state index contributed by atoms with van der Waals surface area (Å²) in [5.74, 6) is 0. The lowest BCUT2D eigenvalue weighted by Gasteiger charge is -2.17. The Morgan fingerprint density at radius 1 is 1.25 bits per heavy atom. The Kier molecular flexibility index (Phi) is 3.17. The van der Waals surface area contributed by atoms with Crippen molar-refractivity contribution < 1.29 is 20.1 Å². The summed E-state index contributed by atoms with van der Waals surface area (Å²) in [6.07, 6.45) is -2.03. The largest absolute Gasteiger partial charge is 0.391 e. The lowest BCUT2D eigenvalue weighted by atomic mass is 10.1. The second-order valence-corrected chi connectivity index (χ2v) is 5.00. The number of nitrogens with zero attached hydrogens (tertiary/aromatic N) is 4. The van der Waals surface area contributed by atoms with Crippen molar-refractivity contribution in [1.29, 1.82) is 0 Å². The molecule has 1 unspecified atom stereocenters. The maximum absolute atomic E-state index is 10.1. The molecular weight excluding hydrogens is 264 g/mol. The number of imidazole rings is 1. The van der Waals surface area contributed by atoms with Gasteiger partial charge in [-0.3, -0.25) is 4.57 Å². The van der Waals surface area contributed by atoms with Crippen LogP contribution in [0.4, 0.5) is 0 Å². The van der Waals surface area contributed by atoms with Gasteiger partial charge in [-0.2, -0.15) is 0 Å². The van der Waals surface area contributed by atoms with Crippen LogP contribution in [0.25, 0.3) is 11.2 Å². The Morgan fingerprint density at radius 2 is 2.00 bits per heavy atom. The minimum atomic E-state index is -1.17. The third kappa shape index (κ3) is 1.88. The second-order valence-electron chi connectivity index (χ2n) is 5.00. The monoisotopic (exact) mass is 280 g/mol. The highest BCUT2D eigenvalue weighted by atomic mass is 16.6. The van der Waals surface area contributed by atoms with E-state index in [1.165, 1.54) is 19.6 Å². The van der Waals surface area contributed by atoms with Crippen LogP contribution in [-0.4, -0.2) is 59.3 Å². The number of aromatic nitrogens is 4. The molecule has 5 atom stereocenters. The van der Waals surface area contributed by atoms with E-state index in [-0.39, 0.29) is 0 Å². The van der Waals surface area contributed by atoms with E-state index >= 15 is 0 Å². The maximum atomic E-state index is 10.1. The average Bonchev–Trinajstić information content (AvgIpc) is 2.94. The van der Waals surface area contributed by atoms with Crippen LogP contribution in [0.1, 0.15) is 18.8 Å². The Hall–Kier alpha value is -1.61. The molecule has 0 aliphatic carbocycles. The molecule has 1 aliphatic rings. The second kappa shape index (κ2) is 4.74. The predicted molar refractivity (Wildman–Crippen MR) is 67.7 cm³/mol. The first kappa shape index (κ1) is 13.4. The van der Waals surface area contributed by atoms with Gasteiger partial charge in [-0.1, -0.05) is 0 Å². The number of ether oxygens (including phenoxy) is 1. The average molecular weight is 280 g/mol. The van der Waals surface area contributed by atoms with E-state index in [0.717, 1.165) is 0 Å². The molecule has 0 saturated carbocycles. The SMILES string of the molecule is Cc1ncnc2c1ncn2[C@@H]1O[C@H](C(C)O)[C@@H](O)[C@H]1O. The van der Waals surface area contributed by atoms with Gasteiger partial charge >= 0.3 is 0 Å². The quantitative estimate of drug-likeness (QED) is 0.655. The van der Waals surface area contributed by atoms with Crippen molar-refractivity contribution in [1.82, 2.24) is 19.5 Å². The molecule has 1 saturated heterocycles. The van der Waals surface area contributed by atoms with Crippen molar-refractivity contribution in [2.75, 3.05) is 0 Å². The van der Waals surface area contributed by atoms with E-state index in [1.807, 2.05) is 0 Å². The zero-order chi connectivity index (χ0) is 14.4. The first-order chi connectivity index (χ1) is 9.50. The number of fused-ring (bicyclic) bond motifs is 1. The minimum Gasteiger partial charge on any atom is -0.391 e. The summed E-state index contributed by atoms with van der Waals surface area (Å²) >= 11 is 0. The zero-order valence-electron chi connectivity index (χ0n) is 11.1. The third-order valence-electron chi connectivity index (χ3n) is 3.57. The molecule has 8 nitrogen and oxygen atoms in total. The number of hydrogen-bond donors (Lipinski definition) is 3. The minimum absolute atomic E-state index is 0.514. The van der Waals surface area contributed by atoms with Crippen LogP contribution in [0.5, 0.6) is 0 Å². The van der Waals surface area contributed by atoms with Crippen LogP contribution in [0.3, 0.4) is 0 Å². The Morgan fingerprint density at radius 3 is 2.65 bits per heavy atom. The van der Waals surface area contributed by atoms with Gasteiger partial charge in [0.1, 0.15) is 30.2 Å². The van der Waals surface area contributed by atoms with E-state index in [0.29, 0.717) is 16.9 Å². The van der Waals surface area contributed by atoms with Gasteiger partial charge in [-0.15, -0.1) is 0 Å². The molecule has 0 aromatic carbocycles. The highest BCUT2D eigenvalue weighted by molar-refractivity contribution is 5.72.